The summed E-state index contributed by atoms with van der Waals surface area (Å²) in [6.07, 6.45) is 0. The van der Waals surface area contributed by atoms with Gasteiger partial charge in [-0.05, 0) is 36.8 Å². The normalized spacial score (nSPS) is 12.1. The highest BCUT2D eigenvalue weighted by Crippen LogP contribution is 2.21. The minimum absolute atomic E-state index is 0.180. The number of methoxy groups -OCH3 is 1. The van der Waals surface area contributed by atoms with Crippen molar-refractivity contribution < 1.29 is 32.4 Å². The Morgan fingerprint density at radius 2 is 1.64 bits per heavy atom. The van der Waals surface area contributed by atoms with Gasteiger partial charge < -0.3 is 9.47 Å². The van der Waals surface area contributed by atoms with Crippen LogP contribution < -0.4 is 0 Å². The molecule has 0 heterocycles. The molecule has 2 rings (SSSR count). The molecule has 148 valence electrons. The number of non-ortho nitro benzene ring substituents is 1. The summed E-state index contributed by atoms with van der Waals surface area (Å²) in [5, 5.41) is 9.16. The third-order valence-electron chi connectivity index (χ3n) is 3.93. The van der Waals surface area contributed by atoms with Gasteiger partial charge >= 0.3 is 11.9 Å². The molecule has 0 bridgehead atoms. The van der Waals surface area contributed by atoms with Gasteiger partial charge in [0.15, 0.2) is 15.1 Å². The zero-order valence-electron chi connectivity index (χ0n) is 15.0. The van der Waals surface area contributed by atoms with Crippen molar-refractivity contribution in [2.45, 2.75) is 23.7 Å². The van der Waals surface area contributed by atoms with E-state index < -0.39 is 31.9 Å². The number of hydrogen-bond donors (Lipinski definition) is 0. The topological polar surface area (TPSA) is 130 Å². The van der Waals surface area contributed by atoms with Gasteiger partial charge in [0.1, 0.15) is 6.61 Å². The van der Waals surface area contributed by atoms with Crippen LogP contribution in [0.25, 0.3) is 0 Å². The molecule has 0 aromatic heterocycles. The Bertz CT molecular complexity index is 981. The molecule has 0 aliphatic rings. The Morgan fingerprint density at radius 3 is 2.14 bits per heavy atom. The summed E-state index contributed by atoms with van der Waals surface area (Å²) >= 11 is 0. The fraction of sp³-hybridized carbons (Fsp3) is 0.222. The minimum Gasteiger partial charge on any atom is -0.465 e. The fourth-order valence-corrected chi connectivity index (χ4v) is 3.46. The van der Waals surface area contributed by atoms with Gasteiger partial charge in [-0.2, -0.15) is 0 Å². The molecule has 10 heteroatoms. The van der Waals surface area contributed by atoms with Crippen molar-refractivity contribution in [3.05, 3.63) is 69.8 Å². The Labute approximate surface area is 161 Å². The SMILES string of the molecule is COC(=O)c1ccc(COC(=O)[C@H](C)S(=O)(=O)c2ccc([N+](=O)[O-])cc2)cc1. The molecule has 0 amide bonds. The average molecular weight is 407 g/mol. The van der Waals surface area contributed by atoms with Crippen LogP contribution in [-0.4, -0.2) is 37.6 Å². The van der Waals surface area contributed by atoms with Crippen molar-refractivity contribution in [1.82, 2.24) is 0 Å². The molecule has 0 aliphatic carbocycles. The van der Waals surface area contributed by atoms with E-state index >= 15 is 0 Å². The number of nitro benzene ring substituents is 1. The second kappa shape index (κ2) is 8.61. The van der Waals surface area contributed by atoms with Crippen LogP contribution in [0, 0.1) is 10.1 Å². The van der Waals surface area contributed by atoms with Crippen LogP contribution in [0.5, 0.6) is 0 Å². The van der Waals surface area contributed by atoms with Gasteiger partial charge in [0.2, 0.25) is 0 Å². The van der Waals surface area contributed by atoms with E-state index in [0.29, 0.717) is 11.1 Å². The van der Waals surface area contributed by atoms with Crippen LogP contribution >= 0.6 is 0 Å². The first kappa shape index (κ1) is 21.0. The van der Waals surface area contributed by atoms with Gasteiger partial charge in [0.05, 0.1) is 22.5 Å². The monoisotopic (exact) mass is 407 g/mol. The van der Waals surface area contributed by atoms with E-state index in [1.165, 1.54) is 26.2 Å². The maximum absolute atomic E-state index is 12.5. The predicted molar refractivity (Wildman–Crippen MR) is 97.3 cm³/mol. The van der Waals surface area contributed by atoms with E-state index in [4.69, 9.17) is 4.74 Å². The first-order valence-corrected chi connectivity index (χ1v) is 9.53. The van der Waals surface area contributed by atoms with E-state index in [-0.39, 0.29) is 17.2 Å². The van der Waals surface area contributed by atoms with Crippen LogP contribution in [0.4, 0.5) is 5.69 Å². The van der Waals surface area contributed by atoms with Crippen molar-refractivity contribution in [2.24, 2.45) is 0 Å². The highest BCUT2D eigenvalue weighted by Gasteiger charge is 2.31. The van der Waals surface area contributed by atoms with Gasteiger partial charge in [-0.25, -0.2) is 13.2 Å². The van der Waals surface area contributed by atoms with Crippen LogP contribution in [0.2, 0.25) is 0 Å². The van der Waals surface area contributed by atoms with Crippen LogP contribution in [0.3, 0.4) is 0 Å². The van der Waals surface area contributed by atoms with E-state index in [9.17, 15) is 28.1 Å². The van der Waals surface area contributed by atoms with Crippen molar-refractivity contribution in [2.75, 3.05) is 7.11 Å². The molecule has 9 nitrogen and oxygen atoms in total. The lowest BCUT2D eigenvalue weighted by molar-refractivity contribution is -0.384. The van der Waals surface area contributed by atoms with E-state index in [1.807, 2.05) is 0 Å². The molecule has 1 atom stereocenters. The van der Waals surface area contributed by atoms with Gasteiger partial charge in [-0.3, -0.25) is 14.9 Å². The summed E-state index contributed by atoms with van der Waals surface area (Å²) < 4.78 is 34.6. The standard InChI is InChI=1S/C18H17NO8S/c1-12(28(24,25)16-9-7-15(8-10-16)19(22)23)17(20)27-11-13-3-5-14(6-4-13)18(21)26-2/h3-10,12H,11H2,1-2H3/t12-/m0/s1. The Hall–Kier alpha value is -3.27. The van der Waals surface area contributed by atoms with Crippen molar-refractivity contribution in [3.63, 3.8) is 0 Å². The molecule has 0 spiro atoms. The molecule has 0 saturated carbocycles. The zero-order chi connectivity index (χ0) is 20.9. The smallest absolute Gasteiger partial charge is 0.337 e. The number of carbonyl (C=O) groups excluding carboxylic acids is 2. The molecular formula is C18H17NO8S. The first-order chi connectivity index (χ1) is 13.2. The van der Waals surface area contributed by atoms with E-state index in [0.717, 1.165) is 24.3 Å². The number of hydrogen-bond acceptors (Lipinski definition) is 8. The largest absolute Gasteiger partial charge is 0.465 e. The third kappa shape index (κ3) is 4.71. The quantitative estimate of drug-likeness (QED) is 0.388. The van der Waals surface area contributed by atoms with Crippen LogP contribution in [0.15, 0.2) is 53.4 Å². The molecule has 0 radical (unpaired) electrons. The summed E-state index contributed by atoms with van der Waals surface area (Å²) in [4.78, 5) is 33.3. The summed E-state index contributed by atoms with van der Waals surface area (Å²) in [6, 6.07) is 10.3. The summed E-state index contributed by atoms with van der Waals surface area (Å²) in [5.41, 5.74) is 0.622. The number of nitrogens with zero attached hydrogens (tertiary/aromatic N) is 1. The number of sulfone groups is 1. The third-order valence-corrected chi connectivity index (χ3v) is 5.98. The average Bonchev–Trinajstić information content (AvgIpc) is 2.71. The Kier molecular flexibility index (Phi) is 6.47. The van der Waals surface area contributed by atoms with Crippen molar-refractivity contribution in [1.29, 1.82) is 0 Å². The van der Waals surface area contributed by atoms with E-state index in [2.05, 4.69) is 4.74 Å². The number of carbonyl (C=O) groups is 2. The molecular weight excluding hydrogens is 390 g/mol. The molecule has 2 aromatic carbocycles. The van der Waals surface area contributed by atoms with Gasteiger partial charge in [-0.1, -0.05) is 12.1 Å². The van der Waals surface area contributed by atoms with Crippen LogP contribution in [0.1, 0.15) is 22.8 Å². The summed E-state index contributed by atoms with van der Waals surface area (Å²) in [6.45, 7) is 1.000. The lowest BCUT2D eigenvalue weighted by Crippen LogP contribution is -2.29. The molecule has 0 fully saturated rings. The van der Waals surface area contributed by atoms with Gasteiger partial charge in [0.25, 0.3) is 5.69 Å². The molecule has 28 heavy (non-hydrogen) atoms. The fourth-order valence-electron chi connectivity index (χ4n) is 2.22. The highest BCUT2D eigenvalue weighted by atomic mass is 32.2. The lowest BCUT2D eigenvalue weighted by atomic mass is 10.1. The molecule has 0 saturated heterocycles. The predicted octanol–water partition coefficient (Wildman–Crippen LogP) is 2.29. The Morgan fingerprint density at radius 1 is 1.07 bits per heavy atom. The van der Waals surface area contributed by atoms with E-state index in [1.54, 1.807) is 12.1 Å². The minimum atomic E-state index is -4.06. The highest BCUT2D eigenvalue weighted by molar-refractivity contribution is 7.92. The number of benzene rings is 2. The number of ether oxygens (including phenoxy) is 2. The molecule has 2 aromatic rings. The zero-order valence-corrected chi connectivity index (χ0v) is 15.8. The lowest BCUT2D eigenvalue weighted by Gasteiger charge is -2.13. The van der Waals surface area contributed by atoms with Crippen molar-refractivity contribution in [3.8, 4) is 0 Å². The van der Waals surface area contributed by atoms with Gasteiger partial charge in [0, 0.05) is 12.1 Å². The number of nitro groups is 1. The Balaban J connectivity index is 2.04. The second-order valence-electron chi connectivity index (χ2n) is 5.73. The van der Waals surface area contributed by atoms with Crippen molar-refractivity contribution >= 4 is 27.5 Å². The molecule has 0 unspecified atom stereocenters. The number of rotatable bonds is 7. The molecule has 0 aliphatic heterocycles. The molecule has 0 N–H and O–H groups in total. The van der Waals surface area contributed by atoms with Crippen LogP contribution in [-0.2, 0) is 30.7 Å². The summed E-state index contributed by atoms with van der Waals surface area (Å²) in [5.74, 6) is -1.47. The second-order valence-corrected chi connectivity index (χ2v) is 8.00. The summed E-state index contributed by atoms with van der Waals surface area (Å²) in [7, 11) is -2.81. The number of esters is 2. The van der Waals surface area contributed by atoms with Gasteiger partial charge in [-0.15, -0.1) is 0 Å². The maximum Gasteiger partial charge on any atom is 0.337 e. The first-order valence-electron chi connectivity index (χ1n) is 7.99. The maximum atomic E-state index is 12.5.